The summed E-state index contributed by atoms with van der Waals surface area (Å²) in [5, 5.41) is 8.23. The summed E-state index contributed by atoms with van der Waals surface area (Å²) in [6.07, 6.45) is 0. The van der Waals surface area contributed by atoms with Crippen molar-refractivity contribution in [1.29, 1.82) is 0 Å². The number of fused-ring (bicyclic) bond motifs is 1. The molecule has 0 N–H and O–H groups in total. The Morgan fingerprint density at radius 2 is 1.72 bits per heavy atom. The molecule has 6 heteroatoms. The van der Waals surface area contributed by atoms with Gasteiger partial charge in [-0.3, -0.25) is 0 Å². The van der Waals surface area contributed by atoms with Gasteiger partial charge in [-0.05, 0) is 29.5 Å². The molecule has 0 aliphatic rings. The lowest BCUT2D eigenvalue weighted by atomic mass is 10.3. The first kappa shape index (κ1) is 11.6. The van der Waals surface area contributed by atoms with E-state index in [-0.39, 0.29) is 0 Å². The van der Waals surface area contributed by atoms with E-state index in [1.54, 1.807) is 8.23 Å². The number of hydrogen-bond acceptors (Lipinski definition) is 4. The van der Waals surface area contributed by atoms with Gasteiger partial charge in [0, 0.05) is 16.8 Å². The summed E-state index contributed by atoms with van der Waals surface area (Å²) in [4.78, 5) is 2.83. The smallest absolute Gasteiger partial charge is 0.115 e. The van der Waals surface area contributed by atoms with Gasteiger partial charge in [0.05, 0.1) is 16.1 Å². The fraction of sp³-hybridized carbons (Fsp3) is 0. The van der Waals surface area contributed by atoms with Crippen molar-refractivity contribution >= 4 is 39.1 Å². The Morgan fingerprint density at radius 1 is 1.00 bits per heavy atom. The molecule has 4 nitrogen and oxygen atoms in total. The molecule has 0 amide bonds. The van der Waals surface area contributed by atoms with Gasteiger partial charge in [-0.15, -0.1) is 9.89 Å². The molecular formula is C12H9BrN4S. The van der Waals surface area contributed by atoms with Crippen LogP contribution in [-0.2, 0) is 0 Å². The monoisotopic (exact) mass is 320 g/mol. The number of aromatic nitrogens is 3. The van der Waals surface area contributed by atoms with Crippen molar-refractivity contribution in [2.75, 3.05) is 3.44 Å². The van der Waals surface area contributed by atoms with Crippen LogP contribution >= 0.6 is 28.1 Å². The van der Waals surface area contributed by atoms with Crippen molar-refractivity contribution < 1.29 is 0 Å². The van der Waals surface area contributed by atoms with E-state index >= 15 is 0 Å². The molecule has 2 aromatic carbocycles. The largest absolute Gasteiger partial charge is 0.164 e. The fourth-order valence-corrected chi connectivity index (χ4v) is 2.97. The average Bonchev–Trinajstić information content (AvgIpc) is 2.84. The van der Waals surface area contributed by atoms with Crippen molar-refractivity contribution in [3.05, 3.63) is 54.6 Å². The standard InChI is InChI=1S/C12H9BrN4S/c13-17(18-10-6-2-1-3-7-10)16-12-9-5-4-8-11(12)14-15-16/h1-9H. The molecule has 0 unspecified atom stereocenters. The third-order valence-corrected chi connectivity index (χ3v) is 3.93. The minimum Gasteiger partial charge on any atom is -0.164 e. The van der Waals surface area contributed by atoms with Crippen LogP contribution in [0.1, 0.15) is 0 Å². The van der Waals surface area contributed by atoms with Gasteiger partial charge in [-0.1, -0.05) is 30.3 Å². The Kier molecular flexibility index (Phi) is 3.21. The molecule has 0 saturated carbocycles. The van der Waals surface area contributed by atoms with E-state index in [0.29, 0.717) is 0 Å². The van der Waals surface area contributed by atoms with Crippen LogP contribution in [0.4, 0.5) is 0 Å². The Morgan fingerprint density at radius 3 is 2.56 bits per heavy atom. The van der Waals surface area contributed by atoms with E-state index in [9.17, 15) is 0 Å². The summed E-state index contributed by atoms with van der Waals surface area (Å²) in [7, 11) is 0. The molecule has 0 saturated heterocycles. The lowest BCUT2D eigenvalue weighted by Crippen LogP contribution is -2.16. The van der Waals surface area contributed by atoms with Gasteiger partial charge in [0.25, 0.3) is 0 Å². The predicted octanol–water partition coefficient (Wildman–Crippen LogP) is 3.39. The molecule has 3 rings (SSSR count). The van der Waals surface area contributed by atoms with E-state index in [0.717, 1.165) is 15.9 Å². The van der Waals surface area contributed by atoms with Crippen molar-refractivity contribution in [1.82, 2.24) is 15.1 Å². The molecular weight excluding hydrogens is 312 g/mol. The summed E-state index contributed by atoms with van der Waals surface area (Å²) in [6, 6.07) is 17.9. The number of halogens is 1. The van der Waals surface area contributed by atoms with Gasteiger partial charge in [-0.2, -0.15) is 3.44 Å². The van der Waals surface area contributed by atoms with Crippen LogP contribution < -0.4 is 3.44 Å². The molecule has 1 aromatic heterocycles. The second-order valence-corrected chi connectivity index (χ2v) is 5.74. The first-order chi connectivity index (χ1) is 8.84. The Bertz CT molecular complexity index is 655. The van der Waals surface area contributed by atoms with Gasteiger partial charge < -0.3 is 0 Å². The zero-order valence-corrected chi connectivity index (χ0v) is 11.7. The second kappa shape index (κ2) is 4.99. The number of rotatable bonds is 3. The van der Waals surface area contributed by atoms with Gasteiger partial charge in [-0.25, -0.2) is 0 Å². The highest BCUT2D eigenvalue weighted by Crippen LogP contribution is 2.25. The second-order valence-electron chi connectivity index (χ2n) is 3.60. The predicted molar refractivity (Wildman–Crippen MR) is 77.0 cm³/mol. The zero-order chi connectivity index (χ0) is 12.4. The quantitative estimate of drug-likeness (QED) is 0.547. The van der Waals surface area contributed by atoms with E-state index < -0.39 is 0 Å². The van der Waals surface area contributed by atoms with Crippen LogP contribution in [0.5, 0.6) is 0 Å². The van der Waals surface area contributed by atoms with Crippen molar-refractivity contribution in [2.45, 2.75) is 4.90 Å². The molecule has 0 spiro atoms. The maximum Gasteiger partial charge on any atom is 0.115 e. The van der Waals surface area contributed by atoms with Crippen LogP contribution in [0.2, 0.25) is 0 Å². The van der Waals surface area contributed by atoms with Crippen molar-refractivity contribution in [3.8, 4) is 0 Å². The van der Waals surface area contributed by atoms with Gasteiger partial charge in [0.2, 0.25) is 0 Å². The molecule has 0 bridgehead atoms. The molecule has 90 valence electrons. The van der Waals surface area contributed by atoms with Crippen molar-refractivity contribution in [3.63, 3.8) is 0 Å². The molecule has 0 aliphatic carbocycles. The highest BCUT2D eigenvalue weighted by Gasteiger charge is 2.10. The highest BCUT2D eigenvalue weighted by atomic mass is 79.9. The molecule has 3 aromatic rings. The van der Waals surface area contributed by atoms with Crippen molar-refractivity contribution in [2.24, 2.45) is 0 Å². The third-order valence-electron chi connectivity index (χ3n) is 2.41. The first-order valence-corrected chi connectivity index (χ1v) is 6.82. The highest BCUT2D eigenvalue weighted by molar-refractivity contribution is 9.11. The summed E-state index contributed by atoms with van der Waals surface area (Å²) in [6.45, 7) is 0. The van der Waals surface area contributed by atoms with Gasteiger partial charge in [0.1, 0.15) is 11.0 Å². The van der Waals surface area contributed by atoms with E-state index in [4.69, 9.17) is 0 Å². The molecule has 0 aliphatic heterocycles. The Balaban J connectivity index is 1.90. The molecule has 18 heavy (non-hydrogen) atoms. The number of para-hydroxylation sites is 1. The Labute approximate surface area is 117 Å². The maximum atomic E-state index is 4.12. The minimum atomic E-state index is 0.871. The maximum absolute atomic E-state index is 4.12. The third kappa shape index (κ3) is 2.21. The minimum absolute atomic E-state index is 0.871. The molecule has 1 heterocycles. The topological polar surface area (TPSA) is 34.0 Å². The zero-order valence-electron chi connectivity index (χ0n) is 9.27. The van der Waals surface area contributed by atoms with Crippen LogP contribution in [0.25, 0.3) is 11.0 Å². The number of nitrogens with zero attached hydrogens (tertiary/aromatic N) is 4. The van der Waals surface area contributed by atoms with Crippen LogP contribution in [0, 0.1) is 0 Å². The summed E-state index contributed by atoms with van der Waals surface area (Å²) < 4.78 is 1.78. The van der Waals surface area contributed by atoms with Crippen LogP contribution in [0.15, 0.2) is 59.5 Å². The van der Waals surface area contributed by atoms with E-state index in [1.165, 1.54) is 11.9 Å². The Hall–Kier alpha value is -1.53. The molecule has 0 radical (unpaired) electrons. The normalized spacial score (nSPS) is 10.7. The first-order valence-electron chi connectivity index (χ1n) is 5.34. The molecule has 0 fully saturated rings. The average molecular weight is 321 g/mol. The van der Waals surface area contributed by atoms with Crippen LogP contribution in [-0.4, -0.2) is 15.1 Å². The summed E-state index contributed by atoms with van der Waals surface area (Å²) in [5.41, 5.74) is 1.83. The van der Waals surface area contributed by atoms with E-state index in [1.807, 2.05) is 54.6 Å². The SMILES string of the molecule is BrN(Sc1ccccc1)n1nnc2ccccc21. The summed E-state index contributed by atoms with van der Waals surface area (Å²) in [5.74, 6) is 0. The van der Waals surface area contributed by atoms with Crippen LogP contribution in [0.3, 0.4) is 0 Å². The van der Waals surface area contributed by atoms with Gasteiger partial charge in [0.15, 0.2) is 0 Å². The lowest BCUT2D eigenvalue weighted by molar-refractivity contribution is 0.753. The number of benzene rings is 2. The summed E-state index contributed by atoms with van der Waals surface area (Å²) >= 11 is 5.01. The molecule has 0 atom stereocenters. The lowest BCUT2D eigenvalue weighted by Gasteiger charge is -2.14. The number of hydrogen-bond donors (Lipinski definition) is 0. The van der Waals surface area contributed by atoms with E-state index in [2.05, 4.69) is 26.5 Å². The van der Waals surface area contributed by atoms with Gasteiger partial charge >= 0.3 is 0 Å². The fourth-order valence-electron chi connectivity index (χ4n) is 1.58.